The van der Waals surface area contributed by atoms with Gasteiger partial charge in [0.25, 0.3) is 0 Å². The zero-order chi connectivity index (χ0) is 11.9. The Morgan fingerprint density at radius 3 is 1.72 bits per heavy atom. The Morgan fingerprint density at radius 1 is 0.667 bits per heavy atom. The van der Waals surface area contributed by atoms with Crippen LogP contribution in [0.4, 0.5) is 0 Å². The Morgan fingerprint density at radius 2 is 1.17 bits per heavy atom. The molecular weight excluding hydrogens is 224 g/mol. The van der Waals surface area contributed by atoms with Crippen molar-refractivity contribution in [2.45, 2.75) is 12.1 Å². The molecule has 0 aromatic heterocycles. The number of benzene rings is 2. The topological polar surface area (TPSA) is 49.4 Å². The minimum Gasteiger partial charge on any atom is -0.137 e. The predicted molar refractivity (Wildman–Crippen MR) is 67.2 cm³/mol. The standard InChI is InChI=1S/C14H10N4/c1-3-7-11-9(5-1)10-6-2-4-8-12(10)13(11)14-15-17-18-16-14/h1-8,13-14H. The van der Waals surface area contributed by atoms with Crippen molar-refractivity contribution in [1.82, 2.24) is 0 Å². The second kappa shape index (κ2) is 3.57. The second-order valence-corrected chi connectivity index (χ2v) is 4.48. The molecule has 1 aliphatic carbocycles. The molecule has 4 rings (SSSR count). The maximum Gasteiger partial charge on any atom is 0.196 e. The van der Waals surface area contributed by atoms with Gasteiger partial charge in [-0.1, -0.05) is 48.5 Å². The fourth-order valence-electron chi connectivity index (χ4n) is 2.82. The van der Waals surface area contributed by atoms with Crippen LogP contribution in [0.3, 0.4) is 0 Å². The lowest BCUT2D eigenvalue weighted by atomic mass is 9.94. The summed E-state index contributed by atoms with van der Waals surface area (Å²) < 4.78 is 0. The van der Waals surface area contributed by atoms with Gasteiger partial charge in [-0.25, -0.2) is 0 Å². The molecule has 1 heterocycles. The second-order valence-electron chi connectivity index (χ2n) is 4.48. The van der Waals surface area contributed by atoms with Gasteiger partial charge < -0.3 is 0 Å². The molecule has 0 radical (unpaired) electrons. The lowest BCUT2D eigenvalue weighted by Gasteiger charge is -2.13. The van der Waals surface area contributed by atoms with Crippen LogP contribution >= 0.6 is 0 Å². The number of rotatable bonds is 1. The third kappa shape index (κ3) is 1.20. The molecule has 0 saturated carbocycles. The van der Waals surface area contributed by atoms with E-state index < -0.39 is 0 Å². The van der Waals surface area contributed by atoms with E-state index in [9.17, 15) is 0 Å². The van der Waals surface area contributed by atoms with E-state index in [4.69, 9.17) is 0 Å². The van der Waals surface area contributed by atoms with Crippen LogP contribution in [0, 0.1) is 0 Å². The highest BCUT2D eigenvalue weighted by molar-refractivity contribution is 5.79. The predicted octanol–water partition coefficient (Wildman–Crippen LogP) is 3.96. The Labute approximate surface area is 104 Å². The Balaban J connectivity index is 1.98. The number of hydrogen-bond acceptors (Lipinski definition) is 4. The molecule has 0 fully saturated rings. The number of fused-ring (bicyclic) bond motifs is 3. The van der Waals surface area contributed by atoms with Crippen LogP contribution in [-0.2, 0) is 0 Å². The van der Waals surface area contributed by atoms with Gasteiger partial charge in [0.1, 0.15) is 0 Å². The molecule has 0 unspecified atom stereocenters. The summed E-state index contributed by atoms with van der Waals surface area (Å²) in [6.07, 6.45) is -0.213. The van der Waals surface area contributed by atoms with Gasteiger partial charge in [-0.05, 0) is 32.7 Å². The van der Waals surface area contributed by atoms with Gasteiger partial charge in [0.15, 0.2) is 6.17 Å². The van der Waals surface area contributed by atoms with Crippen LogP contribution < -0.4 is 0 Å². The van der Waals surface area contributed by atoms with Gasteiger partial charge in [0, 0.05) is 0 Å². The van der Waals surface area contributed by atoms with Crippen LogP contribution in [0.2, 0.25) is 0 Å². The van der Waals surface area contributed by atoms with E-state index in [2.05, 4.69) is 69.2 Å². The molecule has 18 heavy (non-hydrogen) atoms. The van der Waals surface area contributed by atoms with E-state index in [-0.39, 0.29) is 12.1 Å². The lowest BCUT2D eigenvalue weighted by Crippen LogP contribution is -2.11. The fourth-order valence-corrected chi connectivity index (χ4v) is 2.82. The maximum atomic E-state index is 4.11. The van der Waals surface area contributed by atoms with Crippen molar-refractivity contribution in [1.29, 1.82) is 0 Å². The van der Waals surface area contributed by atoms with Gasteiger partial charge in [0.2, 0.25) is 0 Å². The summed E-state index contributed by atoms with van der Waals surface area (Å²) in [5.41, 5.74) is 5.08. The third-order valence-corrected chi connectivity index (χ3v) is 3.56. The number of nitrogens with zero attached hydrogens (tertiary/aromatic N) is 4. The normalized spacial score (nSPS) is 17.1. The summed E-state index contributed by atoms with van der Waals surface area (Å²) in [5.74, 6) is 0.146. The highest BCUT2D eigenvalue weighted by atomic mass is 15.6. The first-order valence-electron chi connectivity index (χ1n) is 5.93. The average Bonchev–Trinajstić information content (AvgIpc) is 3.03. The molecule has 0 bridgehead atoms. The SMILES string of the molecule is c1ccc2c(c1)-c1ccccc1C2C1N=NN=N1. The molecule has 2 aromatic rings. The van der Waals surface area contributed by atoms with E-state index in [1.165, 1.54) is 22.3 Å². The first-order chi connectivity index (χ1) is 8.95. The summed E-state index contributed by atoms with van der Waals surface area (Å²) in [5, 5.41) is 15.5. The van der Waals surface area contributed by atoms with Gasteiger partial charge >= 0.3 is 0 Å². The molecule has 2 aliphatic rings. The zero-order valence-corrected chi connectivity index (χ0v) is 9.56. The van der Waals surface area contributed by atoms with E-state index in [0.29, 0.717) is 0 Å². The van der Waals surface area contributed by atoms with Crippen molar-refractivity contribution in [3.8, 4) is 11.1 Å². The van der Waals surface area contributed by atoms with Gasteiger partial charge in [-0.3, -0.25) is 0 Å². The molecule has 4 heteroatoms. The molecule has 4 nitrogen and oxygen atoms in total. The average molecular weight is 234 g/mol. The molecule has 0 spiro atoms. The minimum absolute atomic E-state index is 0.146. The van der Waals surface area contributed by atoms with Crippen LogP contribution in [-0.4, -0.2) is 6.17 Å². The number of hydrogen-bond donors (Lipinski definition) is 0. The molecule has 0 saturated heterocycles. The molecule has 0 amide bonds. The van der Waals surface area contributed by atoms with E-state index in [1.807, 2.05) is 0 Å². The third-order valence-electron chi connectivity index (χ3n) is 3.56. The fraction of sp³-hybridized carbons (Fsp3) is 0.143. The molecule has 0 N–H and O–H groups in total. The van der Waals surface area contributed by atoms with Crippen molar-refractivity contribution in [3.63, 3.8) is 0 Å². The van der Waals surface area contributed by atoms with Gasteiger partial charge in [0.05, 0.1) is 5.92 Å². The summed E-state index contributed by atoms with van der Waals surface area (Å²) in [4.78, 5) is 0. The Kier molecular flexibility index (Phi) is 1.91. The van der Waals surface area contributed by atoms with Crippen LogP contribution in [0.1, 0.15) is 17.0 Å². The molecule has 0 atom stereocenters. The summed E-state index contributed by atoms with van der Waals surface area (Å²) in [6.45, 7) is 0. The van der Waals surface area contributed by atoms with Crippen LogP contribution in [0.5, 0.6) is 0 Å². The quantitative estimate of drug-likeness (QED) is 0.717. The van der Waals surface area contributed by atoms with Gasteiger partial charge in [-0.2, -0.15) is 0 Å². The first-order valence-corrected chi connectivity index (χ1v) is 5.93. The van der Waals surface area contributed by atoms with Crippen LogP contribution in [0.15, 0.2) is 69.2 Å². The maximum absolute atomic E-state index is 4.11. The minimum atomic E-state index is -0.213. The van der Waals surface area contributed by atoms with Crippen molar-refractivity contribution < 1.29 is 0 Å². The summed E-state index contributed by atoms with van der Waals surface area (Å²) >= 11 is 0. The van der Waals surface area contributed by atoms with E-state index in [1.54, 1.807) is 0 Å². The summed E-state index contributed by atoms with van der Waals surface area (Å²) in [6, 6.07) is 16.8. The Hall–Kier alpha value is -2.36. The van der Waals surface area contributed by atoms with E-state index >= 15 is 0 Å². The molecular formula is C14H10N4. The highest BCUT2D eigenvalue weighted by Crippen LogP contribution is 2.47. The monoisotopic (exact) mass is 234 g/mol. The van der Waals surface area contributed by atoms with E-state index in [0.717, 1.165) is 0 Å². The first kappa shape index (κ1) is 9.65. The summed E-state index contributed by atoms with van der Waals surface area (Å²) in [7, 11) is 0. The largest absolute Gasteiger partial charge is 0.196 e. The van der Waals surface area contributed by atoms with Crippen molar-refractivity contribution in [2.75, 3.05) is 0 Å². The highest BCUT2D eigenvalue weighted by Gasteiger charge is 2.35. The van der Waals surface area contributed by atoms with Crippen molar-refractivity contribution in [2.24, 2.45) is 20.7 Å². The lowest BCUT2D eigenvalue weighted by molar-refractivity contribution is 0.625. The van der Waals surface area contributed by atoms with Gasteiger partial charge in [-0.15, -0.1) is 10.2 Å². The Bertz CT molecular complexity index is 617. The molecule has 1 aliphatic heterocycles. The zero-order valence-electron chi connectivity index (χ0n) is 9.56. The van der Waals surface area contributed by atoms with Crippen molar-refractivity contribution >= 4 is 0 Å². The molecule has 86 valence electrons. The smallest absolute Gasteiger partial charge is 0.137 e. The van der Waals surface area contributed by atoms with Crippen molar-refractivity contribution in [3.05, 3.63) is 59.7 Å². The van der Waals surface area contributed by atoms with Crippen LogP contribution in [0.25, 0.3) is 11.1 Å². The molecule has 2 aromatic carbocycles.